The first-order valence-corrected chi connectivity index (χ1v) is 3.23. The molecule has 0 aliphatic heterocycles. The van der Waals surface area contributed by atoms with E-state index in [1.165, 1.54) is 0 Å². The molecule has 0 fully saturated rings. The van der Waals surface area contributed by atoms with Gasteiger partial charge in [0.2, 0.25) is 0 Å². The van der Waals surface area contributed by atoms with Gasteiger partial charge < -0.3 is 5.11 Å². The fourth-order valence-electron chi connectivity index (χ4n) is 0.407. The van der Waals surface area contributed by atoms with Gasteiger partial charge in [-0.15, -0.1) is 12.2 Å². The van der Waals surface area contributed by atoms with Crippen molar-refractivity contribution in [2.45, 2.75) is 26.7 Å². The Morgan fingerprint density at radius 3 is 2.11 bits per heavy atom. The number of rotatable bonds is 3. The van der Waals surface area contributed by atoms with Crippen molar-refractivity contribution in [1.82, 2.24) is 0 Å². The fourth-order valence-corrected chi connectivity index (χ4v) is 0.524. The van der Waals surface area contributed by atoms with Crippen LogP contribution in [0.1, 0.15) is 26.7 Å². The Morgan fingerprint density at radius 2 is 2.00 bits per heavy atom. The van der Waals surface area contributed by atoms with Crippen LogP contribution >= 0.6 is 12.2 Å². The normalized spacial score (nSPS) is 8.78. The third kappa shape index (κ3) is 12.2. The summed E-state index contributed by atoms with van der Waals surface area (Å²) in [5.41, 5.74) is 0. The maximum Gasteiger partial charge on any atom is 1.00 e. The molecule has 0 saturated carbocycles. The first-order chi connectivity index (χ1) is 3.63. The minimum absolute atomic E-state index is 0. The SMILES string of the molecule is CC(C)CCC([O-])=S.[Na+]. The first-order valence-electron chi connectivity index (χ1n) is 2.82. The van der Waals surface area contributed by atoms with Crippen LogP contribution in [0.15, 0.2) is 0 Å². The van der Waals surface area contributed by atoms with Crippen molar-refractivity contribution in [3.05, 3.63) is 0 Å². The zero-order chi connectivity index (χ0) is 6.57. The monoisotopic (exact) mass is 154 g/mol. The van der Waals surface area contributed by atoms with Gasteiger partial charge in [0.25, 0.3) is 0 Å². The summed E-state index contributed by atoms with van der Waals surface area (Å²) in [5, 5.41) is 10.1. The van der Waals surface area contributed by atoms with Crippen molar-refractivity contribution in [1.29, 1.82) is 0 Å². The maximum atomic E-state index is 10.2. The molecule has 0 aliphatic carbocycles. The van der Waals surface area contributed by atoms with Gasteiger partial charge in [-0.25, -0.2) is 0 Å². The van der Waals surface area contributed by atoms with Gasteiger partial charge in [0.1, 0.15) is 0 Å². The zero-order valence-corrected chi connectivity index (χ0v) is 9.12. The van der Waals surface area contributed by atoms with Crippen molar-refractivity contribution in [3.8, 4) is 0 Å². The molecular formula is C6H11NaOS. The Bertz CT molecular complexity index is 83.1. The van der Waals surface area contributed by atoms with E-state index in [0.717, 1.165) is 6.42 Å². The first kappa shape index (κ1) is 12.6. The molecule has 1 nitrogen and oxygen atoms in total. The summed E-state index contributed by atoms with van der Waals surface area (Å²) in [6.45, 7) is 4.16. The molecule has 0 heterocycles. The van der Waals surface area contributed by atoms with Crippen LogP contribution in [0, 0.1) is 5.92 Å². The largest absolute Gasteiger partial charge is 1.00 e. The van der Waals surface area contributed by atoms with Gasteiger partial charge in [0.05, 0.1) is 0 Å². The van der Waals surface area contributed by atoms with Gasteiger partial charge in [-0.05, 0) is 18.8 Å². The van der Waals surface area contributed by atoms with E-state index < -0.39 is 0 Å². The smallest absolute Gasteiger partial charge is 0.867 e. The molecule has 3 heteroatoms. The summed E-state index contributed by atoms with van der Waals surface area (Å²) in [5.74, 6) is 0.599. The molecule has 0 radical (unpaired) electrons. The Hall–Kier alpha value is 0.890. The summed E-state index contributed by atoms with van der Waals surface area (Å²) in [6.07, 6.45) is 1.50. The second-order valence-corrected chi connectivity index (χ2v) is 2.76. The van der Waals surface area contributed by atoms with Crippen LogP contribution in [0.25, 0.3) is 0 Å². The molecule has 9 heavy (non-hydrogen) atoms. The number of hydrogen-bond donors (Lipinski definition) is 0. The Morgan fingerprint density at radius 1 is 1.56 bits per heavy atom. The van der Waals surface area contributed by atoms with E-state index in [0.29, 0.717) is 12.3 Å². The third-order valence-electron chi connectivity index (χ3n) is 0.926. The molecule has 0 bridgehead atoms. The van der Waals surface area contributed by atoms with Crippen molar-refractivity contribution in [3.63, 3.8) is 0 Å². The predicted molar refractivity (Wildman–Crippen MR) is 36.7 cm³/mol. The fraction of sp³-hybridized carbons (Fsp3) is 0.833. The van der Waals surface area contributed by atoms with Crippen LogP contribution < -0.4 is 34.7 Å². The molecule has 0 N–H and O–H groups in total. The van der Waals surface area contributed by atoms with Crippen molar-refractivity contribution < 1.29 is 34.7 Å². The summed E-state index contributed by atoms with van der Waals surface area (Å²) in [7, 11) is 0. The molecule has 0 rings (SSSR count). The molecule has 0 aromatic heterocycles. The molecule has 0 aromatic carbocycles. The predicted octanol–water partition coefficient (Wildman–Crippen LogP) is -1.89. The second kappa shape index (κ2) is 7.00. The van der Waals surface area contributed by atoms with Crippen molar-refractivity contribution in [2.24, 2.45) is 5.92 Å². The van der Waals surface area contributed by atoms with Gasteiger partial charge in [-0.1, -0.05) is 18.9 Å². The molecule has 0 spiro atoms. The third-order valence-corrected chi connectivity index (χ3v) is 1.13. The molecule has 0 aliphatic rings. The van der Waals surface area contributed by atoms with Crippen molar-refractivity contribution >= 4 is 17.3 Å². The van der Waals surface area contributed by atoms with Gasteiger partial charge in [0.15, 0.2) is 0 Å². The van der Waals surface area contributed by atoms with Gasteiger partial charge >= 0.3 is 29.6 Å². The molecule has 48 valence electrons. The summed E-state index contributed by atoms with van der Waals surface area (Å²) in [4.78, 5) is 0. The van der Waals surface area contributed by atoms with Gasteiger partial charge in [-0.2, -0.15) is 0 Å². The van der Waals surface area contributed by atoms with Crippen LogP contribution in [-0.4, -0.2) is 5.05 Å². The number of thiocarbonyl (C=S) groups is 1. The standard InChI is InChI=1S/C6H12OS.Na/c1-5(2)3-4-6(7)8;/h5H,3-4H2,1-2H3,(H,7,8);/q;+1/p-1. The molecule has 0 atom stereocenters. The molecule has 0 aromatic rings. The van der Waals surface area contributed by atoms with Crippen LogP contribution in [0.3, 0.4) is 0 Å². The van der Waals surface area contributed by atoms with E-state index in [1.54, 1.807) is 0 Å². The Labute approximate surface area is 84.1 Å². The van der Waals surface area contributed by atoms with E-state index in [2.05, 4.69) is 26.1 Å². The van der Waals surface area contributed by atoms with E-state index in [9.17, 15) is 5.11 Å². The van der Waals surface area contributed by atoms with E-state index in [4.69, 9.17) is 0 Å². The molecular weight excluding hydrogens is 143 g/mol. The average molecular weight is 154 g/mol. The topological polar surface area (TPSA) is 23.1 Å². The summed E-state index contributed by atoms with van der Waals surface area (Å²) < 4.78 is 0. The quantitative estimate of drug-likeness (QED) is 0.350. The molecule has 0 amide bonds. The Balaban J connectivity index is 0. The van der Waals surface area contributed by atoms with Crippen molar-refractivity contribution in [2.75, 3.05) is 0 Å². The second-order valence-electron chi connectivity index (χ2n) is 2.30. The summed E-state index contributed by atoms with van der Waals surface area (Å²) in [6, 6.07) is 0. The molecule has 0 saturated heterocycles. The van der Waals surface area contributed by atoms with E-state index in [-0.39, 0.29) is 34.6 Å². The maximum absolute atomic E-state index is 10.2. The minimum atomic E-state index is -0.112. The Kier molecular flexibility index (Phi) is 9.77. The van der Waals surface area contributed by atoms with E-state index in [1.807, 2.05) is 0 Å². The van der Waals surface area contributed by atoms with Crippen LogP contribution in [0.5, 0.6) is 0 Å². The average Bonchev–Trinajstić information content (AvgIpc) is 1.61. The minimum Gasteiger partial charge on any atom is -0.867 e. The van der Waals surface area contributed by atoms with E-state index >= 15 is 0 Å². The van der Waals surface area contributed by atoms with Gasteiger partial charge in [0, 0.05) is 0 Å². The summed E-state index contributed by atoms with van der Waals surface area (Å²) >= 11 is 4.36. The zero-order valence-electron chi connectivity index (χ0n) is 6.31. The number of hydrogen-bond acceptors (Lipinski definition) is 2. The molecule has 0 unspecified atom stereocenters. The van der Waals surface area contributed by atoms with Gasteiger partial charge in [-0.3, -0.25) is 0 Å². The van der Waals surface area contributed by atoms with Crippen LogP contribution in [0.2, 0.25) is 0 Å². The van der Waals surface area contributed by atoms with Crippen LogP contribution in [-0.2, 0) is 0 Å². The van der Waals surface area contributed by atoms with Crippen LogP contribution in [0.4, 0.5) is 0 Å².